The summed E-state index contributed by atoms with van der Waals surface area (Å²) in [7, 11) is 6.27. The third kappa shape index (κ3) is 8.27. The maximum Gasteiger partial charge on any atom is 0.339 e. The Kier molecular flexibility index (Phi) is 11.2. The van der Waals surface area contributed by atoms with Crippen molar-refractivity contribution < 1.29 is 33.3 Å². The Morgan fingerprint density at radius 1 is 1.00 bits per heavy atom. The van der Waals surface area contributed by atoms with E-state index in [1.807, 2.05) is 6.07 Å². The molecule has 0 aliphatic heterocycles. The van der Waals surface area contributed by atoms with Crippen molar-refractivity contribution in [2.24, 2.45) is 0 Å². The van der Waals surface area contributed by atoms with Gasteiger partial charge in [0.1, 0.15) is 0 Å². The molecule has 34 heavy (non-hydrogen) atoms. The lowest BCUT2D eigenvalue weighted by atomic mass is 10.2. The number of esters is 1. The zero-order valence-corrected chi connectivity index (χ0v) is 20.6. The highest BCUT2D eigenvalue weighted by atomic mass is 32.2. The lowest BCUT2D eigenvalue weighted by molar-refractivity contribution is -0.133. The van der Waals surface area contributed by atoms with Gasteiger partial charge in [0.15, 0.2) is 18.1 Å². The maximum atomic E-state index is 12.6. The summed E-state index contributed by atoms with van der Waals surface area (Å²) in [5.41, 5.74) is 1.14. The number of carbonyl (C=O) groups is 3. The Balaban J connectivity index is 1.90. The quantitative estimate of drug-likeness (QED) is 0.259. The highest BCUT2D eigenvalue weighted by Crippen LogP contribution is 2.28. The fourth-order valence-corrected chi connectivity index (χ4v) is 3.77. The number of hydrogen-bond acceptors (Lipinski definition) is 8. The number of hydrogen-bond donors (Lipinski definition) is 1. The van der Waals surface area contributed by atoms with Crippen LogP contribution in [0.1, 0.15) is 15.9 Å². The summed E-state index contributed by atoms with van der Waals surface area (Å²) >= 11 is 1.22. The van der Waals surface area contributed by atoms with Crippen LogP contribution in [0.5, 0.6) is 11.5 Å². The van der Waals surface area contributed by atoms with E-state index < -0.39 is 12.6 Å². The summed E-state index contributed by atoms with van der Waals surface area (Å²) in [5.74, 6) is 0.145. The number of amides is 2. The van der Waals surface area contributed by atoms with Crippen LogP contribution in [0.4, 0.5) is 0 Å². The first-order valence-corrected chi connectivity index (χ1v) is 11.5. The van der Waals surface area contributed by atoms with Crippen LogP contribution in [0.3, 0.4) is 0 Å². The molecule has 0 aromatic heterocycles. The van der Waals surface area contributed by atoms with Crippen molar-refractivity contribution in [1.82, 2.24) is 10.2 Å². The number of thioether (sulfide) groups is 1. The molecule has 0 heterocycles. The molecule has 2 amide bonds. The third-order valence-corrected chi connectivity index (χ3v) is 5.79. The minimum atomic E-state index is -0.629. The highest BCUT2D eigenvalue weighted by Gasteiger charge is 2.18. The summed E-state index contributed by atoms with van der Waals surface area (Å²) in [6.45, 7) is 0.743. The van der Waals surface area contributed by atoms with Gasteiger partial charge in [-0.3, -0.25) is 9.59 Å². The van der Waals surface area contributed by atoms with Crippen LogP contribution in [0.2, 0.25) is 0 Å². The van der Waals surface area contributed by atoms with E-state index in [-0.39, 0.29) is 17.6 Å². The van der Waals surface area contributed by atoms with Crippen molar-refractivity contribution in [2.75, 3.05) is 53.9 Å². The molecular formula is C24H30N2O7S. The van der Waals surface area contributed by atoms with Crippen LogP contribution in [0, 0.1) is 0 Å². The number of ether oxygens (including phenoxy) is 4. The number of nitrogens with one attached hydrogen (secondary N) is 1. The molecule has 0 fully saturated rings. The molecular weight excluding hydrogens is 460 g/mol. The number of nitrogens with zero attached hydrogens (tertiary/aromatic N) is 1. The topological polar surface area (TPSA) is 103 Å². The van der Waals surface area contributed by atoms with E-state index in [1.165, 1.54) is 16.7 Å². The van der Waals surface area contributed by atoms with Gasteiger partial charge in [-0.1, -0.05) is 18.2 Å². The number of methoxy groups -OCH3 is 3. The molecule has 0 unspecified atom stereocenters. The average Bonchev–Trinajstić information content (AvgIpc) is 2.85. The Labute approximate surface area is 203 Å². The molecule has 2 rings (SSSR count). The zero-order valence-electron chi connectivity index (χ0n) is 19.8. The second-order valence-electron chi connectivity index (χ2n) is 7.14. The van der Waals surface area contributed by atoms with E-state index in [2.05, 4.69) is 5.32 Å². The van der Waals surface area contributed by atoms with E-state index in [9.17, 15) is 14.4 Å². The van der Waals surface area contributed by atoms with Gasteiger partial charge < -0.3 is 29.2 Å². The first kappa shape index (κ1) is 27.0. The van der Waals surface area contributed by atoms with Gasteiger partial charge in [-0.2, -0.15) is 0 Å². The summed E-state index contributed by atoms with van der Waals surface area (Å²) < 4.78 is 20.7. The smallest absolute Gasteiger partial charge is 0.339 e. The molecule has 0 aliphatic rings. The normalized spacial score (nSPS) is 10.4. The molecule has 0 aliphatic carbocycles. The number of carbonyl (C=O) groups excluding carboxylic acids is 3. The summed E-state index contributed by atoms with van der Waals surface area (Å²) in [6, 6.07) is 12.2. The molecule has 0 atom stereocenters. The number of benzene rings is 2. The molecule has 10 heteroatoms. The van der Waals surface area contributed by atoms with Crippen molar-refractivity contribution in [1.29, 1.82) is 0 Å². The molecule has 1 N–H and O–H groups in total. The molecule has 2 aromatic rings. The van der Waals surface area contributed by atoms with Gasteiger partial charge in [0, 0.05) is 32.1 Å². The lowest BCUT2D eigenvalue weighted by Gasteiger charge is -2.18. The molecule has 0 saturated carbocycles. The van der Waals surface area contributed by atoms with Crippen LogP contribution < -0.4 is 14.8 Å². The first-order chi connectivity index (χ1) is 16.4. The number of likely N-dealkylation sites (N-methyl/N-ethyl adjacent to an activating group) is 1. The Morgan fingerprint density at radius 2 is 1.74 bits per heavy atom. The van der Waals surface area contributed by atoms with Crippen LogP contribution in [0.25, 0.3) is 0 Å². The second kappa shape index (κ2) is 14.1. The molecule has 9 nitrogen and oxygen atoms in total. The Bertz CT molecular complexity index is 984. The van der Waals surface area contributed by atoms with Crippen molar-refractivity contribution in [3.63, 3.8) is 0 Å². The zero-order chi connectivity index (χ0) is 24.9. The van der Waals surface area contributed by atoms with Crippen LogP contribution in [0.15, 0.2) is 47.4 Å². The fourth-order valence-electron chi connectivity index (χ4n) is 2.90. The van der Waals surface area contributed by atoms with Gasteiger partial charge in [-0.25, -0.2) is 4.79 Å². The highest BCUT2D eigenvalue weighted by molar-refractivity contribution is 8.00. The van der Waals surface area contributed by atoms with Crippen LogP contribution >= 0.6 is 11.8 Å². The molecule has 0 bridgehead atoms. The van der Waals surface area contributed by atoms with Crippen LogP contribution in [-0.4, -0.2) is 76.6 Å². The van der Waals surface area contributed by atoms with Gasteiger partial charge in [0.25, 0.3) is 5.91 Å². The average molecular weight is 491 g/mol. The first-order valence-electron chi connectivity index (χ1n) is 10.5. The molecule has 0 radical (unpaired) electrons. The van der Waals surface area contributed by atoms with Crippen molar-refractivity contribution >= 4 is 29.5 Å². The minimum Gasteiger partial charge on any atom is -0.493 e. The van der Waals surface area contributed by atoms with E-state index in [0.717, 1.165) is 5.56 Å². The SMILES string of the molecule is COCCNC(=O)CSc1ccccc1C(=O)OCC(=O)N(C)Cc1ccc(OC)c(OC)c1. The summed E-state index contributed by atoms with van der Waals surface area (Å²) in [6.07, 6.45) is 0. The maximum absolute atomic E-state index is 12.6. The van der Waals surface area contributed by atoms with Crippen molar-refractivity contribution in [2.45, 2.75) is 11.4 Å². The van der Waals surface area contributed by atoms with E-state index >= 15 is 0 Å². The predicted molar refractivity (Wildman–Crippen MR) is 128 cm³/mol. The van der Waals surface area contributed by atoms with Gasteiger partial charge in [0.2, 0.25) is 5.91 Å². The van der Waals surface area contributed by atoms with Gasteiger partial charge in [0.05, 0.1) is 32.1 Å². The van der Waals surface area contributed by atoms with Gasteiger partial charge in [-0.15, -0.1) is 11.8 Å². The van der Waals surface area contributed by atoms with E-state index in [1.54, 1.807) is 64.8 Å². The molecule has 0 saturated heterocycles. The lowest BCUT2D eigenvalue weighted by Crippen LogP contribution is -2.31. The molecule has 184 valence electrons. The minimum absolute atomic E-state index is 0.140. The van der Waals surface area contributed by atoms with Gasteiger partial charge >= 0.3 is 5.97 Å². The van der Waals surface area contributed by atoms with Gasteiger partial charge in [-0.05, 0) is 29.8 Å². The largest absolute Gasteiger partial charge is 0.493 e. The van der Waals surface area contributed by atoms with Crippen molar-refractivity contribution in [3.8, 4) is 11.5 Å². The third-order valence-electron chi connectivity index (χ3n) is 4.71. The van der Waals surface area contributed by atoms with Crippen molar-refractivity contribution in [3.05, 3.63) is 53.6 Å². The summed E-state index contributed by atoms with van der Waals surface area (Å²) in [4.78, 5) is 39.1. The fraction of sp³-hybridized carbons (Fsp3) is 0.375. The standard InChI is InChI=1S/C24H30N2O7S/c1-26(14-17-9-10-19(31-3)20(13-17)32-4)23(28)15-33-24(29)18-7-5-6-8-21(18)34-16-22(27)25-11-12-30-2/h5-10,13H,11-12,14-16H2,1-4H3,(H,25,27). The Hall–Kier alpha value is -3.24. The second-order valence-corrected chi connectivity index (χ2v) is 8.16. The van der Waals surface area contributed by atoms with E-state index in [4.69, 9.17) is 18.9 Å². The number of rotatable bonds is 13. The molecule has 0 spiro atoms. The Morgan fingerprint density at radius 3 is 2.44 bits per heavy atom. The van der Waals surface area contributed by atoms with Crippen LogP contribution in [-0.2, 0) is 25.6 Å². The summed E-state index contributed by atoms with van der Waals surface area (Å²) in [5, 5.41) is 2.72. The predicted octanol–water partition coefficient (Wildman–Crippen LogP) is 2.37. The molecule has 2 aromatic carbocycles. The van der Waals surface area contributed by atoms with E-state index in [0.29, 0.717) is 41.7 Å². The monoisotopic (exact) mass is 490 g/mol.